The Bertz CT molecular complexity index is 639. The summed E-state index contributed by atoms with van der Waals surface area (Å²) in [5.74, 6) is -1.92. The number of nitrogens with one attached hydrogen (secondary N) is 1. The number of amides is 1. The van der Waals surface area contributed by atoms with Crippen LogP contribution in [0.15, 0.2) is 36.5 Å². The number of hydrogen-bond donors (Lipinski definition) is 2. The highest BCUT2D eigenvalue weighted by atomic mass is 16.4. The smallest absolute Gasteiger partial charge is 0.308 e. The van der Waals surface area contributed by atoms with Crippen LogP contribution in [0, 0.1) is 5.92 Å². The summed E-state index contributed by atoms with van der Waals surface area (Å²) in [5, 5.41) is 19.8. The standard InChI is InChI=1S/C15H18N4O3/c1-2-6-11(15(21)22)9-16-14(20)13-10-17-19(18-13)12-7-4-3-5-8-12/h3-5,7-8,10-11H,2,6,9H2,1H3,(H,16,20)(H,21,22). The minimum Gasteiger partial charge on any atom is -0.481 e. The highest BCUT2D eigenvalue weighted by Gasteiger charge is 2.19. The Hall–Kier alpha value is -2.70. The summed E-state index contributed by atoms with van der Waals surface area (Å²) in [6, 6.07) is 9.22. The normalized spacial score (nSPS) is 11.9. The average Bonchev–Trinajstić information content (AvgIpc) is 3.01. The molecule has 2 N–H and O–H groups in total. The molecule has 2 aromatic rings. The summed E-state index contributed by atoms with van der Waals surface area (Å²) in [4.78, 5) is 24.4. The second-order valence-electron chi connectivity index (χ2n) is 4.89. The maximum absolute atomic E-state index is 12.0. The summed E-state index contributed by atoms with van der Waals surface area (Å²) < 4.78 is 0. The highest BCUT2D eigenvalue weighted by Crippen LogP contribution is 2.07. The van der Waals surface area contributed by atoms with Gasteiger partial charge in [0.1, 0.15) is 0 Å². The molecule has 22 heavy (non-hydrogen) atoms. The molecule has 7 nitrogen and oxygen atoms in total. The molecule has 0 saturated carbocycles. The van der Waals surface area contributed by atoms with Crippen molar-refractivity contribution in [2.75, 3.05) is 6.54 Å². The van der Waals surface area contributed by atoms with Gasteiger partial charge in [-0.3, -0.25) is 9.59 Å². The van der Waals surface area contributed by atoms with Gasteiger partial charge in [-0.25, -0.2) is 0 Å². The molecule has 1 aromatic heterocycles. The molecule has 1 amide bonds. The van der Waals surface area contributed by atoms with E-state index in [4.69, 9.17) is 5.11 Å². The molecule has 1 aromatic carbocycles. The lowest BCUT2D eigenvalue weighted by atomic mass is 10.0. The number of aliphatic carboxylic acids is 1. The number of carbonyl (C=O) groups excluding carboxylic acids is 1. The second kappa shape index (κ2) is 7.35. The molecular weight excluding hydrogens is 284 g/mol. The number of carboxylic acid groups (broad SMARTS) is 1. The van der Waals surface area contributed by atoms with E-state index in [0.717, 1.165) is 12.1 Å². The SMILES string of the molecule is CCCC(CNC(=O)c1cnn(-c2ccccc2)n1)C(=O)O. The van der Waals surface area contributed by atoms with Crippen molar-refractivity contribution in [3.8, 4) is 5.69 Å². The van der Waals surface area contributed by atoms with Crippen LogP contribution in [0.4, 0.5) is 0 Å². The molecule has 0 saturated heterocycles. The first-order chi connectivity index (χ1) is 10.6. The van der Waals surface area contributed by atoms with E-state index >= 15 is 0 Å². The van der Waals surface area contributed by atoms with E-state index in [1.54, 1.807) is 0 Å². The first kappa shape index (κ1) is 15.7. The summed E-state index contributed by atoms with van der Waals surface area (Å²) in [7, 11) is 0. The first-order valence-electron chi connectivity index (χ1n) is 7.10. The number of rotatable bonds is 7. The van der Waals surface area contributed by atoms with E-state index in [0.29, 0.717) is 6.42 Å². The zero-order valence-corrected chi connectivity index (χ0v) is 12.3. The predicted octanol–water partition coefficient (Wildman–Crippen LogP) is 1.50. The number of benzene rings is 1. The molecule has 1 unspecified atom stereocenters. The molecule has 0 spiro atoms. The fraction of sp³-hybridized carbons (Fsp3) is 0.333. The Kier molecular flexibility index (Phi) is 5.24. The monoisotopic (exact) mass is 302 g/mol. The predicted molar refractivity (Wildman–Crippen MR) is 79.7 cm³/mol. The van der Waals surface area contributed by atoms with Gasteiger partial charge in [0, 0.05) is 6.54 Å². The van der Waals surface area contributed by atoms with Gasteiger partial charge in [-0.15, -0.1) is 5.10 Å². The minimum atomic E-state index is -0.907. The van der Waals surface area contributed by atoms with Crippen LogP contribution in [-0.2, 0) is 4.79 Å². The number of carboxylic acids is 1. The first-order valence-corrected chi connectivity index (χ1v) is 7.10. The lowest BCUT2D eigenvalue weighted by Gasteiger charge is -2.11. The number of nitrogens with zero attached hydrogens (tertiary/aromatic N) is 3. The molecule has 0 aliphatic heterocycles. The zero-order chi connectivity index (χ0) is 15.9. The Labute approximate surface area is 128 Å². The fourth-order valence-corrected chi connectivity index (χ4v) is 2.02. The zero-order valence-electron chi connectivity index (χ0n) is 12.3. The summed E-state index contributed by atoms with van der Waals surface area (Å²) in [6.07, 6.45) is 2.63. The number of para-hydroxylation sites is 1. The van der Waals surface area contributed by atoms with Crippen molar-refractivity contribution in [3.05, 3.63) is 42.2 Å². The quantitative estimate of drug-likeness (QED) is 0.807. The third-order valence-corrected chi connectivity index (χ3v) is 3.21. The molecule has 0 aliphatic rings. The van der Waals surface area contributed by atoms with E-state index in [-0.39, 0.29) is 12.2 Å². The van der Waals surface area contributed by atoms with Crippen LogP contribution in [0.2, 0.25) is 0 Å². The van der Waals surface area contributed by atoms with Crippen molar-refractivity contribution in [1.82, 2.24) is 20.3 Å². The van der Waals surface area contributed by atoms with Crippen molar-refractivity contribution >= 4 is 11.9 Å². The summed E-state index contributed by atoms with van der Waals surface area (Å²) in [5.41, 5.74) is 0.903. The summed E-state index contributed by atoms with van der Waals surface area (Å²) in [6.45, 7) is 1.99. The van der Waals surface area contributed by atoms with Gasteiger partial charge in [0.15, 0.2) is 5.69 Å². The Balaban J connectivity index is 1.99. The number of aromatic nitrogens is 3. The van der Waals surface area contributed by atoms with E-state index in [2.05, 4.69) is 15.5 Å². The molecule has 0 radical (unpaired) electrons. The van der Waals surface area contributed by atoms with Gasteiger partial charge in [-0.1, -0.05) is 31.5 Å². The van der Waals surface area contributed by atoms with Crippen LogP contribution in [0.1, 0.15) is 30.3 Å². The van der Waals surface area contributed by atoms with Crippen LogP contribution in [0.5, 0.6) is 0 Å². The van der Waals surface area contributed by atoms with Crippen molar-refractivity contribution < 1.29 is 14.7 Å². The van der Waals surface area contributed by atoms with Gasteiger partial charge in [0.05, 0.1) is 17.8 Å². The molecule has 1 heterocycles. The topological polar surface area (TPSA) is 97.1 Å². The summed E-state index contributed by atoms with van der Waals surface area (Å²) >= 11 is 0. The molecule has 116 valence electrons. The van der Waals surface area contributed by atoms with Gasteiger partial charge >= 0.3 is 5.97 Å². The molecular formula is C15H18N4O3. The van der Waals surface area contributed by atoms with Gasteiger partial charge in [0.25, 0.3) is 5.91 Å². The minimum absolute atomic E-state index is 0.0835. The third kappa shape index (κ3) is 3.91. The number of hydrogen-bond acceptors (Lipinski definition) is 4. The van der Waals surface area contributed by atoms with Crippen LogP contribution in [0.3, 0.4) is 0 Å². The Morgan fingerprint density at radius 1 is 1.32 bits per heavy atom. The van der Waals surface area contributed by atoms with E-state index in [9.17, 15) is 9.59 Å². The number of carbonyl (C=O) groups is 2. The van der Waals surface area contributed by atoms with Gasteiger partial charge in [0.2, 0.25) is 0 Å². The van der Waals surface area contributed by atoms with Crippen molar-refractivity contribution in [3.63, 3.8) is 0 Å². The Morgan fingerprint density at radius 2 is 2.05 bits per heavy atom. The maximum Gasteiger partial charge on any atom is 0.308 e. The lowest BCUT2D eigenvalue weighted by Crippen LogP contribution is -2.33. The molecule has 0 aliphatic carbocycles. The van der Waals surface area contributed by atoms with Crippen LogP contribution in [-0.4, -0.2) is 38.5 Å². The molecule has 2 rings (SSSR count). The average molecular weight is 302 g/mol. The van der Waals surface area contributed by atoms with Crippen molar-refractivity contribution in [2.45, 2.75) is 19.8 Å². The maximum atomic E-state index is 12.0. The van der Waals surface area contributed by atoms with Gasteiger partial charge < -0.3 is 10.4 Å². The van der Waals surface area contributed by atoms with E-state index in [1.165, 1.54) is 11.0 Å². The highest BCUT2D eigenvalue weighted by molar-refractivity contribution is 5.92. The van der Waals surface area contributed by atoms with Crippen LogP contribution >= 0.6 is 0 Å². The van der Waals surface area contributed by atoms with Crippen LogP contribution < -0.4 is 5.32 Å². The van der Waals surface area contributed by atoms with E-state index in [1.807, 2.05) is 37.3 Å². The fourth-order valence-electron chi connectivity index (χ4n) is 2.02. The molecule has 7 heteroatoms. The van der Waals surface area contributed by atoms with Crippen LogP contribution in [0.25, 0.3) is 5.69 Å². The Morgan fingerprint density at radius 3 is 2.68 bits per heavy atom. The van der Waals surface area contributed by atoms with E-state index < -0.39 is 17.8 Å². The largest absolute Gasteiger partial charge is 0.481 e. The van der Waals surface area contributed by atoms with Gasteiger partial charge in [-0.05, 0) is 18.6 Å². The van der Waals surface area contributed by atoms with Gasteiger partial charge in [-0.2, -0.15) is 9.90 Å². The van der Waals surface area contributed by atoms with Crippen molar-refractivity contribution in [1.29, 1.82) is 0 Å². The third-order valence-electron chi connectivity index (χ3n) is 3.21. The molecule has 0 bridgehead atoms. The molecule has 0 fully saturated rings. The van der Waals surface area contributed by atoms with Crippen molar-refractivity contribution in [2.24, 2.45) is 5.92 Å². The molecule has 1 atom stereocenters. The second-order valence-corrected chi connectivity index (χ2v) is 4.89. The lowest BCUT2D eigenvalue weighted by molar-refractivity contribution is -0.141.